The van der Waals surface area contributed by atoms with E-state index < -0.39 is 11.9 Å². The van der Waals surface area contributed by atoms with Crippen LogP contribution in [0, 0.1) is 6.92 Å². The van der Waals surface area contributed by atoms with Gasteiger partial charge in [0.15, 0.2) is 0 Å². The molecule has 20 heavy (non-hydrogen) atoms. The van der Waals surface area contributed by atoms with Gasteiger partial charge in [0.2, 0.25) is 5.91 Å². The Balaban J connectivity index is 2.29. The molecule has 0 spiro atoms. The molecule has 2 aromatic rings. The van der Waals surface area contributed by atoms with E-state index in [4.69, 9.17) is 17.3 Å². The molecule has 0 aliphatic heterocycles. The fraction of sp³-hybridized carbons (Fsp3) is 0.133. The second kappa shape index (κ2) is 6.29. The van der Waals surface area contributed by atoms with Crippen LogP contribution in [0.15, 0.2) is 46.9 Å². The Morgan fingerprint density at radius 1 is 1.25 bits per heavy atom. The molecule has 1 atom stereocenters. The van der Waals surface area contributed by atoms with Crippen LogP contribution in [-0.4, -0.2) is 5.91 Å². The highest BCUT2D eigenvalue weighted by Gasteiger charge is 2.18. The van der Waals surface area contributed by atoms with Crippen LogP contribution in [0.4, 0.5) is 5.69 Å². The lowest BCUT2D eigenvalue weighted by Gasteiger charge is -2.18. The topological polar surface area (TPSA) is 55.1 Å². The summed E-state index contributed by atoms with van der Waals surface area (Å²) in [6.45, 7) is 2.00. The molecule has 0 radical (unpaired) electrons. The van der Waals surface area contributed by atoms with Crippen molar-refractivity contribution >= 4 is 39.1 Å². The number of rotatable bonds is 4. The highest BCUT2D eigenvalue weighted by molar-refractivity contribution is 9.10. The van der Waals surface area contributed by atoms with Crippen molar-refractivity contribution in [3.8, 4) is 0 Å². The molecule has 1 unspecified atom stereocenters. The van der Waals surface area contributed by atoms with E-state index in [1.807, 2.05) is 37.3 Å². The average molecular weight is 354 g/mol. The third-order valence-corrected chi connectivity index (χ3v) is 4.16. The van der Waals surface area contributed by atoms with Gasteiger partial charge in [-0.3, -0.25) is 4.79 Å². The zero-order valence-electron chi connectivity index (χ0n) is 10.9. The van der Waals surface area contributed by atoms with Crippen molar-refractivity contribution in [1.29, 1.82) is 0 Å². The van der Waals surface area contributed by atoms with Crippen LogP contribution in [0.2, 0.25) is 5.02 Å². The first kappa shape index (κ1) is 14.9. The third-order valence-electron chi connectivity index (χ3n) is 2.92. The maximum Gasteiger partial charge on any atom is 0.244 e. The van der Waals surface area contributed by atoms with Gasteiger partial charge in [-0.2, -0.15) is 0 Å². The molecule has 2 aromatic carbocycles. The number of nitrogens with two attached hydrogens (primary N) is 1. The Morgan fingerprint density at radius 2 is 1.90 bits per heavy atom. The SMILES string of the molecule is Cc1ccc(NC(C(N)=O)c2ccc(Br)c(Cl)c2)cc1. The summed E-state index contributed by atoms with van der Waals surface area (Å²) in [5, 5.41) is 3.66. The molecule has 2 rings (SSSR count). The number of amides is 1. The summed E-state index contributed by atoms with van der Waals surface area (Å²) in [4.78, 5) is 11.7. The minimum absolute atomic E-state index is 0.455. The van der Waals surface area contributed by atoms with Gasteiger partial charge in [0.05, 0.1) is 5.02 Å². The average Bonchev–Trinajstić information content (AvgIpc) is 2.41. The summed E-state index contributed by atoms with van der Waals surface area (Å²) in [6, 6.07) is 12.5. The minimum atomic E-state index is -0.622. The van der Waals surface area contributed by atoms with Gasteiger partial charge in [0, 0.05) is 10.2 Å². The lowest BCUT2D eigenvalue weighted by Crippen LogP contribution is -2.27. The molecule has 0 bridgehead atoms. The van der Waals surface area contributed by atoms with Crippen LogP contribution >= 0.6 is 27.5 Å². The lowest BCUT2D eigenvalue weighted by atomic mass is 10.1. The molecule has 0 aliphatic carbocycles. The van der Waals surface area contributed by atoms with Crippen LogP contribution in [0.3, 0.4) is 0 Å². The van der Waals surface area contributed by atoms with Crippen molar-refractivity contribution < 1.29 is 4.79 Å². The zero-order chi connectivity index (χ0) is 14.7. The number of hydrogen-bond acceptors (Lipinski definition) is 2. The van der Waals surface area contributed by atoms with E-state index >= 15 is 0 Å². The van der Waals surface area contributed by atoms with Crippen molar-refractivity contribution in [3.05, 3.63) is 63.1 Å². The summed E-state index contributed by atoms with van der Waals surface area (Å²) in [5.41, 5.74) is 8.19. The molecule has 0 saturated carbocycles. The number of nitrogens with one attached hydrogen (secondary N) is 1. The normalized spacial score (nSPS) is 11.9. The summed E-state index contributed by atoms with van der Waals surface area (Å²) < 4.78 is 0.779. The number of primary amides is 1. The second-order valence-electron chi connectivity index (χ2n) is 4.52. The van der Waals surface area contributed by atoms with Crippen molar-refractivity contribution in [2.24, 2.45) is 5.73 Å². The first-order valence-electron chi connectivity index (χ1n) is 6.05. The molecule has 0 saturated heterocycles. The van der Waals surface area contributed by atoms with Crippen LogP contribution in [0.25, 0.3) is 0 Å². The summed E-state index contributed by atoms with van der Waals surface area (Å²) in [6.07, 6.45) is 0. The maximum atomic E-state index is 11.7. The maximum absolute atomic E-state index is 11.7. The van der Waals surface area contributed by atoms with Crippen molar-refractivity contribution in [2.45, 2.75) is 13.0 Å². The van der Waals surface area contributed by atoms with E-state index in [9.17, 15) is 4.79 Å². The largest absolute Gasteiger partial charge is 0.370 e. The highest BCUT2D eigenvalue weighted by atomic mass is 79.9. The van der Waals surface area contributed by atoms with Crippen molar-refractivity contribution in [2.75, 3.05) is 5.32 Å². The smallest absolute Gasteiger partial charge is 0.244 e. The van der Waals surface area contributed by atoms with Gasteiger partial charge in [-0.05, 0) is 52.7 Å². The standard InChI is InChI=1S/C15H14BrClN2O/c1-9-2-5-11(6-3-9)19-14(15(18)20)10-4-7-12(16)13(17)8-10/h2-8,14,19H,1H3,(H2,18,20). The number of benzene rings is 2. The molecule has 0 aromatic heterocycles. The summed E-state index contributed by atoms with van der Waals surface area (Å²) in [5.74, 6) is -0.455. The molecule has 0 heterocycles. The molecule has 1 amide bonds. The van der Waals surface area contributed by atoms with E-state index in [1.54, 1.807) is 12.1 Å². The molecular weight excluding hydrogens is 340 g/mol. The van der Waals surface area contributed by atoms with Gasteiger partial charge < -0.3 is 11.1 Å². The van der Waals surface area contributed by atoms with Gasteiger partial charge >= 0.3 is 0 Å². The van der Waals surface area contributed by atoms with Gasteiger partial charge in [0.25, 0.3) is 0 Å². The molecular formula is C15H14BrClN2O. The number of carbonyl (C=O) groups is 1. The number of halogens is 2. The van der Waals surface area contributed by atoms with E-state index in [2.05, 4.69) is 21.2 Å². The monoisotopic (exact) mass is 352 g/mol. The Hall–Kier alpha value is -1.52. The van der Waals surface area contributed by atoms with Gasteiger partial charge in [-0.1, -0.05) is 35.4 Å². The fourth-order valence-corrected chi connectivity index (χ4v) is 2.26. The number of aryl methyl sites for hydroxylation is 1. The number of hydrogen-bond donors (Lipinski definition) is 2. The third kappa shape index (κ3) is 3.52. The van der Waals surface area contributed by atoms with Crippen molar-refractivity contribution in [1.82, 2.24) is 0 Å². The van der Waals surface area contributed by atoms with Crippen LogP contribution in [0.1, 0.15) is 17.2 Å². The molecule has 104 valence electrons. The quantitative estimate of drug-likeness (QED) is 0.871. The van der Waals surface area contributed by atoms with Gasteiger partial charge in [-0.25, -0.2) is 0 Å². The fourth-order valence-electron chi connectivity index (χ4n) is 1.83. The first-order valence-corrected chi connectivity index (χ1v) is 7.22. The molecule has 0 fully saturated rings. The molecule has 0 aliphatic rings. The molecule has 3 N–H and O–H groups in total. The Bertz CT molecular complexity index is 628. The summed E-state index contributed by atoms with van der Waals surface area (Å²) in [7, 11) is 0. The molecule has 3 nitrogen and oxygen atoms in total. The molecule has 5 heteroatoms. The van der Waals surface area contributed by atoms with Crippen LogP contribution in [0.5, 0.6) is 0 Å². The first-order chi connectivity index (χ1) is 9.47. The van der Waals surface area contributed by atoms with Crippen molar-refractivity contribution in [3.63, 3.8) is 0 Å². The number of carbonyl (C=O) groups excluding carboxylic acids is 1. The van der Waals surface area contributed by atoms with E-state index in [-0.39, 0.29) is 0 Å². The highest BCUT2D eigenvalue weighted by Crippen LogP contribution is 2.27. The second-order valence-corrected chi connectivity index (χ2v) is 5.78. The van der Waals surface area contributed by atoms with E-state index in [0.717, 1.165) is 21.3 Å². The Labute approximate surface area is 131 Å². The van der Waals surface area contributed by atoms with Crippen LogP contribution in [-0.2, 0) is 4.79 Å². The van der Waals surface area contributed by atoms with Gasteiger partial charge in [0.1, 0.15) is 6.04 Å². The Kier molecular flexibility index (Phi) is 4.68. The summed E-state index contributed by atoms with van der Waals surface area (Å²) >= 11 is 9.38. The van der Waals surface area contributed by atoms with E-state index in [0.29, 0.717) is 5.02 Å². The lowest BCUT2D eigenvalue weighted by molar-refractivity contribution is -0.118. The van der Waals surface area contributed by atoms with Crippen LogP contribution < -0.4 is 11.1 Å². The minimum Gasteiger partial charge on any atom is -0.370 e. The predicted octanol–water partition coefficient (Wildman–Crippen LogP) is 4.05. The number of anilines is 1. The predicted molar refractivity (Wildman–Crippen MR) is 85.9 cm³/mol. The Morgan fingerprint density at radius 3 is 2.45 bits per heavy atom. The van der Waals surface area contributed by atoms with E-state index in [1.165, 1.54) is 0 Å². The zero-order valence-corrected chi connectivity index (χ0v) is 13.2. The van der Waals surface area contributed by atoms with Gasteiger partial charge in [-0.15, -0.1) is 0 Å².